The van der Waals surface area contributed by atoms with Gasteiger partial charge in [-0.1, -0.05) is 12.1 Å². The number of rotatable bonds is 6. The minimum Gasteiger partial charge on any atom is -0.506 e. The highest BCUT2D eigenvalue weighted by atomic mass is 32.2. The second kappa shape index (κ2) is 9.38. The number of aromatic hydroxyl groups is 1. The molecule has 1 amide bonds. The minimum atomic E-state index is -4.07. The first-order valence-electron chi connectivity index (χ1n) is 11.2. The quantitative estimate of drug-likeness (QED) is 0.386. The molecular weight excluding hydrogens is 520 g/mol. The maximum atomic E-state index is 14.2. The summed E-state index contributed by atoms with van der Waals surface area (Å²) in [5, 5.41) is 11.0. The molecule has 4 aromatic rings. The summed E-state index contributed by atoms with van der Waals surface area (Å²) in [5.41, 5.74) is 4.40. The van der Waals surface area contributed by atoms with E-state index in [0.717, 1.165) is 12.1 Å². The molecule has 9 nitrogen and oxygen atoms in total. The summed E-state index contributed by atoms with van der Waals surface area (Å²) in [6.07, 6.45) is 0. The number of pyridine rings is 1. The van der Waals surface area contributed by atoms with Crippen LogP contribution in [0.1, 0.15) is 11.1 Å². The minimum absolute atomic E-state index is 0.0131. The molecule has 12 heteroatoms. The number of amides is 1. The number of nitrogens with zero attached hydrogens (tertiary/aromatic N) is 2. The molecule has 3 N–H and O–H groups in total. The third-order valence-electron chi connectivity index (χ3n) is 5.97. The van der Waals surface area contributed by atoms with E-state index in [1.807, 2.05) is 0 Å². The topological polar surface area (TPSA) is 141 Å². The lowest BCUT2D eigenvalue weighted by atomic mass is 10.1. The Morgan fingerprint density at radius 1 is 1.05 bits per heavy atom. The van der Waals surface area contributed by atoms with E-state index in [2.05, 4.69) is 4.99 Å². The van der Waals surface area contributed by atoms with Crippen LogP contribution in [0.15, 0.2) is 75.3 Å². The van der Waals surface area contributed by atoms with E-state index >= 15 is 0 Å². The van der Waals surface area contributed by atoms with E-state index in [9.17, 15) is 31.9 Å². The number of ether oxygens (including phenoxy) is 1. The van der Waals surface area contributed by atoms with E-state index in [1.54, 1.807) is 0 Å². The van der Waals surface area contributed by atoms with Crippen molar-refractivity contribution in [2.24, 2.45) is 10.7 Å². The summed E-state index contributed by atoms with van der Waals surface area (Å²) in [6.45, 7) is -0.520. The van der Waals surface area contributed by atoms with E-state index in [1.165, 1.54) is 53.1 Å². The van der Waals surface area contributed by atoms with Gasteiger partial charge in [-0.2, -0.15) is 0 Å². The van der Waals surface area contributed by atoms with Gasteiger partial charge in [0.1, 0.15) is 28.7 Å². The van der Waals surface area contributed by atoms with Crippen molar-refractivity contribution in [3.8, 4) is 11.5 Å². The molecule has 1 aliphatic heterocycles. The van der Waals surface area contributed by atoms with Gasteiger partial charge in [0.2, 0.25) is 0 Å². The fraction of sp³-hybridized carbons (Fsp3) is 0.115. The van der Waals surface area contributed by atoms with Crippen molar-refractivity contribution in [3.63, 3.8) is 0 Å². The Morgan fingerprint density at radius 3 is 2.47 bits per heavy atom. The van der Waals surface area contributed by atoms with Crippen LogP contribution in [-0.4, -0.2) is 42.1 Å². The van der Waals surface area contributed by atoms with Crippen molar-refractivity contribution in [3.05, 3.63) is 93.8 Å². The molecule has 1 aliphatic rings. The Morgan fingerprint density at radius 2 is 1.76 bits per heavy atom. The molecule has 2 heterocycles. The fourth-order valence-corrected chi connectivity index (χ4v) is 5.70. The second-order valence-electron chi connectivity index (χ2n) is 8.60. The highest BCUT2D eigenvalue weighted by Gasteiger charge is 2.32. The standard InChI is InChI=1S/C26H19F2N3O6S/c27-15-3-1-14(2-4-15)11-31-21-8-5-16(28)9-18(21)25(33)24(26(31)34)20-13-38(35,36)22-10-17(37-12-23(29)32)6-7-19(22)30-20/h1-10,33H,11-13H2,(H2,29,32). The molecule has 0 atom stereocenters. The SMILES string of the molecule is NC(=O)COc1ccc2c(c1)S(=O)(=O)CC(c1c(O)c3cc(F)ccc3n(Cc3ccc(F)cc3)c1=O)=N2. The van der Waals surface area contributed by atoms with Crippen LogP contribution in [0.2, 0.25) is 0 Å². The number of fused-ring (bicyclic) bond motifs is 2. The third kappa shape index (κ3) is 4.61. The number of aromatic nitrogens is 1. The fourth-order valence-electron chi connectivity index (χ4n) is 4.25. The zero-order chi connectivity index (χ0) is 27.2. The number of benzene rings is 3. The maximum Gasteiger partial charge on any atom is 0.264 e. The largest absolute Gasteiger partial charge is 0.506 e. The molecule has 0 fully saturated rings. The number of sulfone groups is 1. The number of carbonyl (C=O) groups excluding carboxylic acids is 1. The molecule has 194 valence electrons. The van der Waals surface area contributed by atoms with Gasteiger partial charge in [0.15, 0.2) is 16.4 Å². The lowest BCUT2D eigenvalue weighted by Crippen LogP contribution is -2.32. The highest BCUT2D eigenvalue weighted by molar-refractivity contribution is 7.92. The monoisotopic (exact) mass is 539 g/mol. The van der Waals surface area contributed by atoms with Gasteiger partial charge in [-0.15, -0.1) is 0 Å². The Kier molecular flexibility index (Phi) is 6.19. The molecule has 0 spiro atoms. The molecule has 38 heavy (non-hydrogen) atoms. The van der Waals surface area contributed by atoms with E-state index < -0.39 is 56.6 Å². The molecule has 5 rings (SSSR count). The third-order valence-corrected chi connectivity index (χ3v) is 7.62. The molecule has 1 aromatic heterocycles. The molecule has 0 radical (unpaired) electrons. The zero-order valence-electron chi connectivity index (χ0n) is 19.5. The van der Waals surface area contributed by atoms with Crippen molar-refractivity contribution in [2.45, 2.75) is 11.4 Å². The van der Waals surface area contributed by atoms with Gasteiger partial charge >= 0.3 is 0 Å². The number of nitrogens with two attached hydrogens (primary N) is 1. The van der Waals surface area contributed by atoms with Gasteiger partial charge in [0.25, 0.3) is 11.5 Å². The number of hydrogen-bond acceptors (Lipinski definition) is 7. The van der Waals surface area contributed by atoms with Crippen molar-refractivity contribution in [2.75, 3.05) is 12.4 Å². The Labute approximate surface area is 214 Å². The second-order valence-corrected chi connectivity index (χ2v) is 10.6. The van der Waals surface area contributed by atoms with Crippen molar-refractivity contribution in [1.29, 1.82) is 0 Å². The molecule has 0 saturated carbocycles. The lowest BCUT2D eigenvalue weighted by molar-refractivity contribution is -0.119. The number of primary amides is 1. The first-order valence-corrected chi connectivity index (χ1v) is 12.8. The van der Waals surface area contributed by atoms with Crippen LogP contribution in [0.3, 0.4) is 0 Å². The van der Waals surface area contributed by atoms with Crippen LogP contribution in [0.25, 0.3) is 10.9 Å². The van der Waals surface area contributed by atoms with Crippen LogP contribution in [-0.2, 0) is 21.2 Å². The molecular formula is C26H19F2N3O6S. The number of aliphatic imine (C=N–C) groups is 1. The van der Waals surface area contributed by atoms with Crippen LogP contribution in [0, 0.1) is 11.6 Å². The van der Waals surface area contributed by atoms with Crippen molar-refractivity contribution in [1.82, 2.24) is 4.57 Å². The van der Waals surface area contributed by atoms with Crippen molar-refractivity contribution >= 4 is 38.0 Å². The molecule has 3 aromatic carbocycles. The molecule has 0 aliphatic carbocycles. The summed E-state index contributed by atoms with van der Waals surface area (Å²) in [7, 11) is -4.07. The summed E-state index contributed by atoms with van der Waals surface area (Å²) in [4.78, 5) is 28.8. The predicted molar refractivity (Wildman–Crippen MR) is 135 cm³/mol. The summed E-state index contributed by atoms with van der Waals surface area (Å²) in [6, 6.07) is 12.8. The first kappa shape index (κ1) is 25.1. The smallest absolute Gasteiger partial charge is 0.264 e. The average Bonchev–Trinajstić information content (AvgIpc) is 2.86. The van der Waals surface area contributed by atoms with Gasteiger partial charge in [0.05, 0.1) is 34.1 Å². The summed E-state index contributed by atoms with van der Waals surface area (Å²) >= 11 is 0. The van der Waals surface area contributed by atoms with E-state index in [0.29, 0.717) is 5.56 Å². The Balaban J connectivity index is 1.69. The summed E-state index contributed by atoms with van der Waals surface area (Å²) in [5.74, 6) is -3.17. The predicted octanol–water partition coefficient (Wildman–Crippen LogP) is 2.81. The zero-order valence-corrected chi connectivity index (χ0v) is 20.3. The van der Waals surface area contributed by atoms with Gasteiger partial charge < -0.3 is 20.1 Å². The van der Waals surface area contributed by atoms with Crippen LogP contribution in [0.5, 0.6) is 11.5 Å². The maximum absolute atomic E-state index is 14.2. The number of carbonyl (C=O) groups is 1. The average molecular weight is 540 g/mol. The van der Waals surface area contributed by atoms with Gasteiger partial charge in [-0.25, -0.2) is 17.2 Å². The Bertz CT molecular complexity index is 1820. The normalized spacial score (nSPS) is 14.1. The van der Waals surface area contributed by atoms with E-state index in [4.69, 9.17) is 10.5 Å². The highest BCUT2D eigenvalue weighted by Crippen LogP contribution is 2.36. The first-order chi connectivity index (χ1) is 18.0. The van der Waals surface area contributed by atoms with E-state index in [-0.39, 0.29) is 39.5 Å². The van der Waals surface area contributed by atoms with Crippen LogP contribution < -0.4 is 16.0 Å². The van der Waals surface area contributed by atoms with Crippen molar-refractivity contribution < 1.29 is 31.8 Å². The van der Waals surface area contributed by atoms with Gasteiger partial charge in [0, 0.05) is 11.5 Å². The van der Waals surface area contributed by atoms with Crippen LogP contribution in [0.4, 0.5) is 14.5 Å². The van der Waals surface area contributed by atoms with Crippen LogP contribution >= 0.6 is 0 Å². The van der Waals surface area contributed by atoms with Gasteiger partial charge in [-0.3, -0.25) is 14.6 Å². The van der Waals surface area contributed by atoms with Gasteiger partial charge in [-0.05, 0) is 48.0 Å². The molecule has 0 bridgehead atoms. The molecule has 0 unspecified atom stereocenters. The molecule has 0 saturated heterocycles. The Hall–Kier alpha value is -4.58. The summed E-state index contributed by atoms with van der Waals surface area (Å²) < 4.78 is 60.3. The lowest BCUT2D eigenvalue weighted by Gasteiger charge is -2.20. The number of halogens is 2. The number of hydrogen-bond donors (Lipinski definition) is 2.